The molecular weight excluding hydrogens is 212 g/mol. The van der Waals surface area contributed by atoms with E-state index in [4.69, 9.17) is 4.74 Å². The van der Waals surface area contributed by atoms with Crippen LogP contribution in [0, 0.1) is 0 Å². The highest BCUT2D eigenvalue weighted by molar-refractivity contribution is 5.27. The number of rotatable bonds is 5. The molecule has 3 heteroatoms. The van der Waals surface area contributed by atoms with Crippen molar-refractivity contribution >= 4 is 0 Å². The van der Waals surface area contributed by atoms with E-state index in [0.29, 0.717) is 0 Å². The van der Waals surface area contributed by atoms with Crippen LogP contribution in [0.25, 0.3) is 0 Å². The molecule has 17 heavy (non-hydrogen) atoms. The van der Waals surface area contributed by atoms with Gasteiger partial charge in [0, 0.05) is 25.5 Å². The van der Waals surface area contributed by atoms with Crippen molar-refractivity contribution in [3.05, 3.63) is 59.9 Å². The fourth-order valence-corrected chi connectivity index (χ4v) is 1.60. The Hall–Kier alpha value is -1.87. The number of nitrogens with zero attached hydrogens (tertiary/aromatic N) is 1. The Labute approximate surface area is 101 Å². The highest BCUT2D eigenvalue weighted by Crippen LogP contribution is 2.11. The van der Waals surface area contributed by atoms with Crippen LogP contribution in [-0.4, -0.2) is 12.1 Å². The average Bonchev–Trinajstić information content (AvgIpc) is 2.41. The average molecular weight is 228 g/mol. The zero-order valence-corrected chi connectivity index (χ0v) is 9.89. The predicted octanol–water partition coefficient (Wildman–Crippen LogP) is 2.38. The number of hydrogen-bond acceptors (Lipinski definition) is 3. The van der Waals surface area contributed by atoms with E-state index >= 15 is 0 Å². The second-order valence-corrected chi connectivity index (χ2v) is 3.81. The molecule has 1 aromatic heterocycles. The largest absolute Gasteiger partial charge is 0.497 e. The first-order valence-corrected chi connectivity index (χ1v) is 5.61. The molecule has 0 amide bonds. The Kier molecular flexibility index (Phi) is 4.11. The zero-order valence-electron chi connectivity index (χ0n) is 9.89. The number of benzene rings is 1. The lowest BCUT2D eigenvalue weighted by Crippen LogP contribution is -2.12. The molecular formula is C14H16N2O. The van der Waals surface area contributed by atoms with Crippen LogP contribution in [0.15, 0.2) is 48.8 Å². The lowest BCUT2D eigenvalue weighted by molar-refractivity contribution is 0.414. The highest BCUT2D eigenvalue weighted by Gasteiger charge is 1.95. The highest BCUT2D eigenvalue weighted by atomic mass is 16.5. The summed E-state index contributed by atoms with van der Waals surface area (Å²) in [6.45, 7) is 1.71. The minimum absolute atomic E-state index is 0.853. The zero-order chi connectivity index (χ0) is 11.9. The second kappa shape index (κ2) is 6.01. The molecule has 0 aliphatic heterocycles. The van der Waals surface area contributed by atoms with Crippen molar-refractivity contribution < 1.29 is 4.74 Å². The van der Waals surface area contributed by atoms with Gasteiger partial charge in [-0.15, -0.1) is 0 Å². The summed E-state index contributed by atoms with van der Waals surface area (Å²) in [6, 6.07) is 12.1. The fourth-order valence-electron chi connectivity index (χ4n) is 1.60. The molecule has 0 radical (unpaired) electrons. The summed E-state index contributed by atoms with van der Waals surface area (Å²) < 4.78 is 5.12. The third-order valence-corrected chi connectivity index (χ3v) is 2.57. The first-order valence-electron chi connectivity index (χ1n) is 5.61. The van der Waals surface area contributed by atoms with Crippen molar-refractivity contribution in [1.82, 2.24) is 10.3 Å². The fraction of sp³-hybridized carbons (Fsp3) is 0.214. The molecule has 0 aliphatic carbocycles. The van der Waals surface area contributed by atoms with Gasteiger partial charge in [0.05, 0.1) is 7.11 Å². The van der Waals surface area contributed by atoms with Crippen LogP contribution in [0.3, 0.4) is 0 Å². The minimum atomic E-state index is 0.853. The molecule has 0 bridgehead atoms. The summed E-state index contributed by atoms with van der Waals surface area (Å²) in [4.78, 5) is 3.99. The van der Waals surface area contributed by atoms with E-state index in [1.165, 1.54) is 11.1 Å². The summed E-state index contributed by atoms with van der Waals surface area (Å²) in [5.41, 5.74) is 2.49. The first kappa shape index (κ1) is 11.6. The number of ether oxygens (including phenoxy) is 1. The quantitative estimate of drug-likeness (QED) is 0.853. The molecule has 2 rings (SSSR count). The topological polar surface area (TPSA) is 34.1 Å². The van der Waals surface area contributed by atoms with E-state index in [0.717, 1.165) is 18.8 Å². The standard InChI is InChI=1S/C14H16N2O/c1-17-14-4-2-12(3-5-14)10-16-11-13-6-8-15-9-7-13/h2-9,16H,10-11H2,1H3. The molecule has 1 N–H and O–H groups in total. The van der Waals surface area contributed by atoms with Gasteiger partial charge < -0.3 is 10.1 Å². The minimum Gasteiger partial charge on any atom is -0.497 e. The van der Waals surface area contributed by atoms with Crippen LogP contribution in [-0.2, 0) is 13.1 Å². The van der Waals surface area contributed by atoms with Crippen molar-refractivity contribution in [2.75, 3.05) is 7.11 Å². The van der Waals surface area contributed by atoms with Gasteiger partial charge in [0.2, 0.25) is 0 Å². The van der Waals surface area contributed by atoms with E-state index in [1.807, 2.05) is 36.7 Å². The van der Waals surface area contributed by atoms with Gasteiger partial charge in [-0.05, 0) is 35.4 Å². The van der Waals surface area contributed by atoms with Crippen molar-refractivity contribution in [1.29, 1.82) is 0 Å². The van der Waals surface area contributed by atoms with Crippen molar-refractivity contribution in [3.63, 3.8) is 0 Å². The maximum atomic E-state index is 5.12. The van der Waals surface area contributed by atoms with E-state index in [1.54, 1.807) is 7.11 Å². The summed E-state index contributed by atoms with van der Waals surface area (Å²) in [7, 11) is 1.68. The smallest absolute Gasteiger partial charge is 0.118 e. The maximum absolute atomic E-state index is 5.12. The monoisotopic (exact) mass is 228 g/mol. The normalized spacial score (nSPS) is 10.2. The number of methoxy groups -OCH3 is 1. The molecule has 0 unspecified atom stereocenters. The summed E-state index contributed by atoms with van der Waals surface area (Å²) in [6.07, 6.45) is 3.62. The number of pyridine rings is 1. The Balaban J connectivity index is 1.82. The Morgan fingerprint density at radius 2 is 1.53 bits per heavy atom. The van der Waals surface area contributed by atoms with Gasteiger partial charge in [0.25, 0.3) is 0 Å². The van der Waals surface area contributed by atoms with E-state index in [-0.39, 0.29) is 0 Å². The van der Waals surface area contributed by atoms with Gasteiger partial charge in [0.15, 0.2) is 0 Å². The second-order valence-electron chi connectivity index (χ2n) is 3.81. The predicted molar refractivity (Wildman–Crippen MR) is 67.8 cm³/mol. The molecule has 0 atom stereocenters. The van der Waals surface area contributed by atoms with Crippen molar-refractivity contribution in [3.8, 4) is 5.75 Å². The van der Waals surface area contributed by atoms with Crippen LogP contribution in [0.4, 0.5) is 0 Å². The van der Waals surface area contributed by atoms with Crippen LogP contribution in [0.1, 0.15) is 11.1 Å². The lowest BCUT2D eigenvalue weighted by atomic mass is 10.2. The molecule has 0 spiro atoms. The van der Waals surface area contributed by atoms with Gasteiger partial charge in [-0.2, -0.15) is 0 Å². The molecule has 1 aromatic carbocycles. The van der Waals surface area contributed by atoms with Crippen LogP contribution in [0.2, 0.25) is 0 Å². The van der Waals surface area contributed by atoms with Crippen molar-refractivity contribution in [2.24, 2.45) is 0 Å². The van der Waals surface area contributed by atoms with Gasteiger partial charge in [-0.25, -0.2) is 0 Å². The Morgan fingerprint density at radius 1 is 0.941 bits per heavy atom. The van der Waals surface area contributed by atoms with Gasteiger partial charge in [-0.3, -0.25) is 4.98 Å². The molecule has 0 saturated carbocycles. The lowest BCUT2D eigenvalue weighted by Gasteiger charge is -2.06. The first-order chi connectivity index (χ1) is 8.38. The van der Waals surface area contributed by atoms with E-state index in [2.05, 4.69) is 22.4 Å². The van der Waals surface area contributed by atoms with E-state index < -0.39 is 0 Å². The molecule has 0 aliphatic rings. The summed E-state index contributed by atoms with van der Waals surface area (Å²) in [5, 5.41) is 3.39. The SMILES string of the molecule is COc1ccc(CNCc2ccncc2)cc1. The molecule has 0 fully saturated rings. The Bertz CT molecular complexity index is 440. The Morgan fingerprint density at radius 3 is 2.12 bits per heavy atom. The van der Waals surface area contributed by atoms with Crippen molar-refractivity contribution in [2.45, 2.75) is 13.1 Å². The molecule has 3 nitrogen and oxygen atoms in total. The molecule has 1 heterocycles. The molecule has 2 aromatic rings. The summed E-state index contributed by atoms with van der Waals surface area (Å²) >= 11 is 0. The summed E-state index contributed by atoms with van der Waals surface area (Å²) in [5.74, 6) is 0.892. The van der Waals surface area contributed by atoms with E-state index in [9.17, 15) is 0 Å². The van der Waals surface area contributed by atoms with Gasteiger partial charge in [-0.1, -0.05) is 12.1 Å². The number of aromatic nitrogens is 1. The number of nitrogens with one attached hydrogen (secondary N) is 1. The van der Waals surface area contributed by atoms with Gasteiger partial charge in [0.1, 0.15) is 5.75 Å². The van der Waals surface area contributed by atoms with Crippen LogP contribution < -0.4 is 10.1 Å². The third-order valence-electron chi connectivity index (χ3n) is 2.57. The van der Waals surface area contributed by atoms with Crippen LogP contribution >= 0.6 is 0 Å². The molecule has 88 valence electrons. The van der Waals surface area contributed by atoms with Gasteiger partial charge >= 0.3 is 0 Å². The number of hydrogen-bond donors (Lipinski definition) is 1. The third kappa shape index (κ3) is 3.57. The molecule has 0 saturated heterocycles. The maximum Gasteiger partial charge on any atom is 0.118 e. The van der Waals surface area contributed by atoms with Crippen LogP contribution in [0.5, 0.6) is 5.75 Å².